The Morgan fingerprint density at radius 3 is 2.67 bits per heavy atom. The standard InChI is InChI=1S/C21H22ClN5O3/c1-30-18-9-5-14(6-10-18)19-25-26(21(29)27(19)17-7-8-17)12-11-23-20(28)24-16-4-2-3-15(22)13-16/h2-6,9-10,13,17H,7-8,11-12H2,1H3,(H2,23,24,28). The van der Waals surface area contributed by atoms with Gasteiger partial charge in [0.2, 0.25) is 0 Å². The first-order chi connectivity index (χ1) is 14.5. The molecule has 0 bridgehead atoms. The smallest absolute Gasteiger partial charge is 0.346 e. The van der Waals surface area contributed by atoms with Gasteiger partial charge in [-0.05, 0) is 55.3 Å². The van der Waals surface area contributed by atoms with Crippen molar-refractivity contribution in [2.24, 2.45) is 0 Å². The lowest BCUT2D eigenvalue weighted by molar-refractivity contribution is 0.251. The van der Waals surface area contributed by atoms with Crippen LogP contribution in [0.3, 0.4) is 0 Å². The fourth-order valence-corrected chi connectivity index (χ4v) is 3.37. The lowest BCUT2D eigenvalue weighted by Crippen LogP contribution is -2.34. The predicted molar refractivity (Wildman–Crippen MR) is 115 cm³/mol. The van der Waals surface area contributed by atoms with E-state index in [1.54, 1.807) is 35.9 Å². The van der Waals surface area contributed by atoms with Crippen LogP contribution >= 0.6 is 11.6 Å². The van der Waals surface area contributed by atoms with Gasteiger partial charge in [-0.15, -0.1) is 5.10 Å². The van der Waals surface area contributed by atoms with Gasteiger partial charge in [0.25, 0.3) is 0 Å². The van der Waals surface area contributed by atoms with E-state index < -0.39 is 0 Å². The van der Waals surface area contributed by atoms with E-state index in [2.05, 4.69) is 15.7 Å². The highest BCUT2D eigenvalue weighted by Crippen LogP contribution is 2.36. The molecule has 1 aromatic heterocycles. The summed E-state index contributed by atoms with van der Waals surface area (Å²) < 4.78 is 8.35. The van der Waals surface area contributed by atoms with Gasteiger partial charge in [0.1, 0.15) is 5.75 Å². The van der Waals surface area contributed by atoms with Crippen molar-refractivity contribution in [3.63, 3.8) is 0 Å². The number of halogens is 1. The summed E-state index contributed by atoms with van der Waals surface area (Å²) in [6.45, 7) is 0.528. The maximum absolute atomic E-state index is 12.9. The van der Waals surface area contributed by atoms with Gasteiger partial charge < -0.3 is 15.4 Å². The fraction of sp³-hybridized carbons (Fsp3) is 0.286. The highest BCUT2D eigenvalue weighted by Gasteiger charge is 2.30. The first-order valence-electron chi connectivity index (χ1n) is 9.69. The van der Waals surface area contributed by atoms with Crippen LogP contribution in [0.1, 0.15) is 18.9 Å². The molecule has 2 N–H and O–H groups in total. The minimum absolute atomic E-state index is 0.166. The van der Waals surface area contributed by atoms with Crippen molar-refractivity contribution in [1.29, 1.82) is 0 Å². The number of urea groups is 1. The van der Waals surface area contributed by atoms with Gasteiger partial charge in [0.15, 0.2) is 5.82 Å². The number of rotatable bonds is 7. The molecule has 30 heavy (non-hydrogen) atoms. The van der Waals surface area contributed by atoms with Gasteiger partial charge in [-0.3, -0.25) is 4.57 Å². The zero-order chi connectivity index (χ0) is 21.1. The number of ether oxygens (including phenoxy) is 1. The van der Waals surface area contributed by atoms with Gasteiger partial charge in [0.05, 0.1) is 13.7 Å². The van der Waals surface area contributed by atoms with E-state index in [1.165, 1.54) is 4.68 Å². The van der Waals surface area contributed by atoms with Gasteiger partial charge >= 0.3 is 11.7 Å². The number of nitrogens with one attached hydrogen (secondary N) is 2. The van der Waals surface area contributed by atoms with E-state index >= 15 is 0 Å². The van der Waals surface area contributed by atoms with Gasteiger partial charge in [0, 0.05) is 28.9 Å². The maximum Gasteiger partial charge on any atom is 0.346 e. The van der Waals surface area contributed by atoms with Crippen molar-refractivity contribution in [2.75, 3.05) is 19.0 Å². The molecule has 8 nitrogen and oxygen atoms in total. The number of amides is 2. The van der Waals surface area contributed by atoms with Crippen molar-refractivity contribution in [3.8, 4) is 17.1 Å². The normalized spacial score (nSPS) is 13.1. The Balaban J connectivity index is 1.44. The molecule has 1 aliphatic carbocycles. The number of hydrogen-bond acceptors (Lipinski definition) is 4. The number of hydrogen-bond donors (Lipinski definition) is 2. The molecule has 1 heterocycles. The predicted octanol–water partition coefficient (Wildman–Crippen LogP) is 3.53. The first kappa shape index (κ1) is 20.0. The van der Waals surface area contributed by atoms with Crippen molar-refractivity contribution in [1.82, 2.24) is 19.7 Å². The quantitative estimate of drug-likeness (QED) is 0.603. The molecule has 0 unspecified atom stereocenters. The Morgan fingerprint density at radius 1 is 1.23 bits per heavy atom. The minimum Gasteiger partial charge on any atom is -0.497 e. The summed E-state index contributed by atoms with van der Waals surface area (Å²) in [5.74, 6) is 1.38. The van der Waals surface area contributed by atoms with Gasteiger partial charge in [-0.25, -0.2) is 14.3 Å². The van der Waals surface area contributed by atoms with E-state index in [9.17, 15) is 9.59 Å². The van der Waals surface area contributed by atoms with E-state index in [4.69, 9.17) is 16.3 Å². The van der Waals surface area contributed by atoms with Crippen LogP contribution in [0.5, 0.6) is 5.75 Å². The van der Waals surface area contributed by atoms with Crippen LogP contribution in [0.25, 0.3) is 11.4 Å². The Bertz CT molecular complexity index is 1100. The van der Waals surface area contributed by atoms with Crippen LogP contribution in [0.4, 0.5) is 10.5 Å². The number of aromatic nitrogens is 3. The number of benzene rings is 2. The maximum atomic E-state index is 12.9. The summed E-state index contributed by atoms with van der Waals surface area (Å²) in [6, 6.07) is 14.2. The summed E-state index contributed by atoms with van der Waals surface area (Å²) in [5, 5.41) is 10.5. The number of methoxy groups -OCH3 is 1. The van der Waals surface area contributed by atoms with E-state index in [1.807, 2.05) is 24.3 Å². The monoisotopic (exact) mass is 427 g/mol. The second kappa shape index (κ2) is 8.62. The average Bonchev–Trinajstić information content (AvgIpc) is 3.52. The Labute approximate surface area is 178 Å². The minimum atomic E-state index is -0.373. The summed E-state index contributed by atoms with van der Waals surface area (Å²) in [4.78, 5) is 24.9. The van der Waals surface area contributed by atoms with Crippen molar-refractivity contribution >= 4 is 23.3 Å². The van der Waals surface area contributed by atoms with Crippen molar-refractivity contribution < 1.29 is 9.53 Å². The van der Waals surface area contributed by atoms with Crippen LogP contribution in [-0.4, -0.2) is 34.0 Å². The molecule has 4 rings (SSSR count). The molecular weight excluding hydrogens is 406 g/mol. The molecule has 0 spiro atoms. The molecule has 2 aromatic carbocycles. The largest absolute Gasteiger partial charge is 0.497 e. The SMILES string of the molecule is COc1ccc(-c2nn(CCNC(=O)Nc3cccc(Cl)c3)c(=O)n2C2CC2)cc1. The van der Waals surface area contributed by atoms with E-state index in [0.717, 1.165) is 24.2 Å². The third-order valence-electron chi connectivity index (χ3n) is 4.82. The molecule has 2 amide bonds. The van der Waals surface area contributed by atoms with Gasteiger partial charge in [-0.1, -0.05) is 17.7 Å². The summed E-state index contributed by atoms with van der Waals surface area (Å²) in [5.41, 5.74) is 1.28. The topological polar surface area (TPSA) is 90.2 Å². The van der Waals surface area contributed by atoms with Crippen LogP contribution < -0.4 is 21.1 Å². The molecule has 0 atom stereocenters. The number of anilines is 1. The highest BCUT2D eigenvalue weighted by molar-refractivity contribution is 6.30. The molecule has 0 radical (unpaired) electrons. The van der Waals surface area contributed by atoms with Gasteiger partial charge in [-0.2, -0.15) is 0 Å². The molecule has 1 saturated carbocycles. The third kappa shape index (κ3) is 4.49. The average molecular weight is 428 g/mol. The molecule has 1 aliphatic rings. The molecule has 0 aliphatic heterocycles. The number of nitrogens with zero attached hydrogens (tertiary/aromatic N) is 3. The van der Waals surface area contributed by atoms with Crippen molar-refractivity contribution in [2.45, 2.75) is 25.4 Å². The van der Waals surface area contributed by atoms with Crippen LogP contribution in [0.2, 0.25) is 5.02 Å². The van der Waals surface area contributed by atoms with Crippen LogP contribution in [-0.2, 0) is 6.54 Å². The summed E-state index contributed by atoms with van der Waals surface area (Å²) >= 11 is 5.92. The third-order valence-corrected chi connectivity index (χ3v) is 5.06. The molecule has 3 aromatic rings. The lowest BCUT2D eigenvalue weighted by Gasteiger charge is -2.07. The second-order valence-corrected chi connectivity index (χ2v) is 7.49. The Morgan fingerprint density at radius 2 is 2.00 bits per heavy atom. The lowest BCUT2D eigenvalue weighted by atomic mass is 10.2. The van der Waals surface area contributed by atoms with E-state index in [0.29, 0.717) is 16.5 Å². The van der Waals surface area contributed by atoms with Crippen molar-refractivity contribution in [3.05, 3.63) is 64.0 Å². The summed E-state index contributed by atoms with van der Waals surface area (Å²) in [6.07, 6.45) is 1.93. The highest BCUT2D eigenvalue weighted by atomic mass is 35.5. The molecule has 9 heteroatoms. The summed E-state index contributed by atoms with van der Waals surface area (Å²) in [7, 11) is 1.61. The Hall–Kier alpha value is -3.26. The first-order valence-corrected chi connectivity index (χ1v) is 10.1. The molecule has 156 valence electrons. The van der Waals surface area contributed by atoms with E-state index in [-0.39, 0.29) is 30.9 Å². The zero-order valence-corrected chi connectivity index (χ0v) is 17.2. The number of carbonyl (C=O) groups excluding carboxylic acids is 1. The molecule has 1 fully saturated rings. The zero-order valence-electron chi connectivity index (χ0n) is 16.5. The molecular formula is C21H22ClN5O3. The second-order valence-electron chi connectivity index (χ2n) is 7.05. The van der Waals surface area contributed by atoms with Crippen LogP contribution in [0, 0.1) is 0 Å². The van der Waals surface area contributed by atoms with Crippen LogP contribution in [0.15, 0.2) is 53.3 Å². The fourth-order valence-electron chi connectivity index (χ4n) is 3.18. The number of carbonyl (C=O) groups is 1. The Kier molecular flexibility index (Phi) is 5.76. The molecule has 0 saturated heterocycles.